The molecular formula is C60H66O12. The molecule has 6 aromatic rings. The predicted octanol–water partition coefficient (Wildman–Crippen LogP) is 10.1. The van der Waals surface area contributed by atoms with Crippen molar-refractivity contribution in [2.45, 2.75) is 121 Å². The smallest absolute Gasteiger partial charge is 0.303 e. The zero-order chi connectivity index (χ0) is 49.7. The highest BCUT2D eigenvalue weighted by Crippen LogP contribution is 2.35. The van der Waals surface area contributed by atoms with Crippen molar-refractivity contribution < 1.29 is 56.9 Å². The lowest BCUT2D eigenvalue weighted by molar-refractivity contribution is -0.352. The second kappa shape index (κ2) is 27.8. The number of hydrogen-bond acceptors (Lipinski definition) is 12. The van der Waals surface area contributed by atoms with Crippen molar-refractivity contribution in [3.05, 3.63) is 228 Å². The lowest BCUT2D eigenvalue weighted by Gasteiger charge is -2.48. The Morgan fingerprint density at radius 2 is 0.778 bits per heavy atom. The first kappa shape index (κ1) is 52.5. The lowest BCUT2D eigenvalue weighted by Crippen LogP contribution is -2.64. The van der Waals surface area contributed by atoms with Gasteiger partial charge in [0.15, 0.2) is 18.7 Å². The first-order valence-electron chi connectivity index (χ1n) is 24.7. The number of esters is 1. The Balaban J connectivity index is 1.13. The average molecular weight is 979 g/mol. The third-order valence-electron chi connectivity index (χ3n) is 12.4. The van der Waals surface area contributed by atoms with E-state index in [0.29, 0.717) is 6.61 Å². The fraction of sp³-hybridized carbons (Fsp3) is 0.350. The van der Waals surface area contributed by atoms with Gasteiger partial charge < -0.3 is 52.1 Å². The van der Waals surface area contributed by atoms with Gasteiger partial charge in [0.05, 0.1) is 59.0 Å². The van der Waals surface area contributed by atoms with E-state index in [4.69, 9.17) is 52.1 Å². The highest BCUT2D eigenvalue weighted by Gasteiger charge is 2.53. The Bertz CT molecular complexity index is 2450. The van der Waals surface area contributed by atoms with Crippen LogP contribution in [0.3, 0.4) is 0 Å². The quantitative estimate of drug-likeness (QED) is 0.0380. The van der Waals surface area contributed by atoms with Crippen LogP contribution >= 0.6 is 0 Å². The van der Waals surface area contributed by atoms with Gasteiger partial charge in [0.1, 0.15) is 42.7 Å². The zero-order valence-electron chi connectivity index (χ0n) is 41.0. The van der Waals surface area contributed by atoms with Gasteiger partial charge in [-0.2, -0.15) is 0 Å². The van der Waals surface area contributed by atoms with E-state index in [9.17, 15) is 4.79 Å². The van der Waals surface area contributed by atoms with Crippen LogP contribution in [0.2, 0.25) is 0 Å². The minimum atomic E-state index is -1.20. The molecule has 0 aliphatic carbocycles. The van der Waals surface area contributed by atoms with Gasteiger partial charge in [0, 0.05) is 6.92 Å². The molecule has 0 spiro atoms. The van der Waals surface area contributed by atoms with Crippen LogP contribution in [-0.2, 0) is 96.5 Å². The van der Waals surface area contributed by atoms with Crippen molar-refractivity contribution in [1.82, 2.24) is 0 Å². The molecule has 11 atom stereocenters. The number of hydrogen-bond donors (Lipinski definition) is 0. The summed E-state index contributed by atoms with van der Waals surface area (Å²) >= 11 is 0. The number of benzene rings is 6. The predicted molar refractivity (Wildman–Crippen MR) is 271 cm³/mol. The van der Waals surface area contributed by atoms with Crippen LogP contribution < -0.4 is 0 Å². The summed E-state index contributed by atoms with van der Waals surface area (Å²) in [6.07, 6.45) is -7.60. The maximum Gasteiger partial charge on any atom is 0.303 e. The molecule has 0 saturated carbocycles. The number of carbonyl (C=O) groups is 1. The molecule has 2 fully saturated rings. The van der Waals surface area contributed by atoms with Gasteiger partial charge in [-0.05, 0) is 40.3 Å². The second-order valence-corrected chi connectivity index (χ2v) is 17.9. The number of ether oxygens (including phenoxy) is 11. The summed E-state index contributed by atoms with van der Waals surface area (Å²) in [5.74, 6) is -0.552. The molecule has 0 aromatic heterocycles. The van der Waals surface area contributed by atoms with E-state index in [2.05, 4.69) is 6.58 Å². The molecule has 8 rings (SSSR count). The first-order chi connectivity index (χ1) is 35.4. The highest BCUT2D eigenvalue weighted by atomic mass is 16.8. The van der Waals surface area contributed by atoms with E-state index in [1.807, 2.05) is 189 Å². The third kappa shape index (κ3) is 15.6. The molecule has 0 N–H and O–H groups in total. The van der Waals surface area contributed by atoms with Crippen LogP contribution in [0.4, 0.5) is 0 Å². The molecule has 72 heavy (non-hydrogen) atoms. The molecule has 2 saturated heterocycles. The Morgan fingerprint density at radius 3 is 1.17 bits per heavy atom. The van der Waals surface area contributed by atoms with Crippen molar-refractivity contribution in [2.75, 3.05) is 13.2 Å². The Kier molecular flexibility index (Phi) is 20.3. The van der Waals surface area contributed by atoms with Gasteiger partial charge in [0.25, 0.3) is 0 Å². The Morgan fingerprint density at radius 1 is 0.444 bits per heavy atom. The van der Waals surface area contributed by atoms with E-state index in [1.165, 1.54) is 6.92 Å². The maximum atomic E-state index is 13.2. The Labute approximate surface area is 423 Å². The van der Waals surface area contributed by atoms with Crippen LogP contribution in [0.15, 0.2) is 195 Å². The van der Waals surface area contributed by atoms with Crippen molar-refractivity contribution in [1.29, 1.82) is 0 Å². The van der Waals surface area contributed by atoms with Gasteiger partial charge in [-0.3, -0.25) is 4.79 Å². The molecule has 2 heterocycles. The Hall–Kier alpha value is -5.87. The van der Waals surface area contributed by atoms with Crippen LogP contribution in [0.5, 0.6) is 0 Å². The van der Waals surface area contributed by atoms with E-state index >= 15 is 0 Å². The van der Waals surface area contributed by atoms with Gasteiger partial charge in [-0.15, -0.1) is 6.58 Å². The molecule has 0 amide bonds. The zero-order valence-corrected chi connectivity index (χ0v) is 41.0. The van der Waals surface area contributed by atoms with E-state index in [0.717, 1.165) is 33.4 Å². The monoisotopic (exact) mass is 978 g/mol. The summed E-state index contributed by atoms with van der Waals surface area (Å²) in [6.45, 7) is 8.66. The summed E-state index contributed by atoms with van der Waals surface area (Å²) in [5.41, 5.74) is 5.73. The fourth-order valence-corrected chi connectivity index (χ4v) is 8.70. The largest absolute Gasteiger partial charge is 0.454 e. The van der Waals surface area contributed by atoms with Crippen LogP contribution in [0.25, 0.3) is 0 Å². The summed E-state index contributed by atoms with van der Waals surface area (Å²) in [7, 11) is 0. The summed E-state index contributed by atoms with van der Waals surface area (Å²) in [6, 6.07) is 59.3. The number of carbonyl (C=O) groups excluding carboxylic acids is 1. The SMILES string of the molecule is C=C[C@H](C)O[C@@H]1O[C@H](CO[C@@H]2O[C@H](COCc3ccccc3)[C@@H](OCc3ccccc3)[C@H](OCc3ccccc3)[C@H]2OC(C)=O)[C@@H](OCc2ccccc2)[C@H](OCc2ccccc2)[C@H]1OCc1ccccc1. The molecule has 0 unspecified atom stereocenters. The van der Waals surface area contributed by atoms with Gasteiger partial charge in [-0.25, -0.2) is 0 Å². The van der Waals surface area contributed by atoms with E-state index < -0.39 is 73.5 Å². The van der Waals surface area contributed by atoms with Crippen LogP contribution in [0.1, 0.15) is 47.2 Å². The van der Waals surface area contributed by atoms with Gasteiger partial charge in [0.2, 0.25) is 0 Å². The van der Waals surface area contributed by atoms with Crippen molar-refractivity contribution in [3.8, 4) is 0 Å². The summed E-state index contributed by atoms with van der Waals surface area (Å²) in [4.78, 5) is 13.2. The lowest BCUT2D eigenvalue weighted by atomic mass is 9.96. The molecule has 2 aliphatic heterocycles. The maximum absolute atomic E-state index is 13.2. The van der Waals surface area contributed by atoms with Crippen molar-refractivity contribution in [3.63, 3.8) is 0 Å². The average Bonchev–Trinajstić information content (AvgIpc) is 3.42. The molecule has 2 aliphatic rings. The molecule has 12 nitrogen and oxygen atoms in total. The second-order valence-electron chi connectivity index (χ2n) is 17.9. The first-order valence-corrected chi connectivity index (χ1v) is 24.7. The fourth-order valence-electron chi connectivity index (χ4n) is 8.70. The van der Waals surface area contributed by atoms with Crippen LogP contribution in [-0.4, -0.2) is 86.7 Å². The number of rotatable bonds is 26. The van der Waals surface area contributed by atoms with E-state index in [-0.39, 0.29) is 46.2 Å². The molecular weight excluding hydrogens is 913 g/mol. The highest BCUT2D eigenvalue weighted by molar-refractivity contribution is 5.66. The van der Waals surface area contributed by atoms with Gasteiger partial charge >= 0.3 is 5.97 Å². The molecule has 378 valence electrons. The standard InChI is InChI=1S/C60H66O12/c1-4-43(2)69-60-57(67-40-50-33-21-10-22-34-50)55(65-38-48-29-17-8-18-30-48)54(64-37-47-27-15-7-16-28-47)52(72-60)42-68-59-58(70-44(3)61)56(66-39-49-31-19-9-20-32-49)53(63-36-46-25-13-6-14-26-46)51(71-59)41-62-35-45-23-11-5-12-24-45/h4-34,43,51-60H,1,35-42H2,2-3H3/t43-,51+,52+,53+,54+,55-,56-,57+,58+,59+,60+/m0/s1. The normalized spacial score (nSPS) is 24.5. The van der Waals surface area contributed by atoms with Crippen LogP contribution in [0, 0.1) is 0 Å². The summed E-state index contributed by atoms with van der Waals surface area (Å²) < 4.78 is 74.1. The molecule has 0 bridgehead atoms. The summed E-state index contributed by atoms with van der Waals surface area (Å²) in [5, 5.41) is 0. The minimum Gasteiger partial charge on any atom is -0.454 e. The molecule has 6 aromatic carbocycles. The van der Waals surface area contributed by atoms with Crippen molar-refractivity contribution >= 4 is 5.97 Å². The topological polar surface area (TPSA) is 119 Å². The van der Waals surface area contributed by atoms with E-state index in [1.54, 1.807) is 6.08 Å². The molecule has 12 heteroatoms. The third-order valence-corrected chi connectivity index (χ3v) is 12.4. The molecule has 0 radical (unpaired) electrons. The minimum absolute atomic E-state index is 0.0973. The van der Waals surface area contributed by atoms with Gasteiger partial charge in [-0.1, -0.05) is 188 Å². The van der Waals surface area contributed by atoms with Crippen molar-refractivity contribution in [2.24, 2.45) is 0 Å².